The molecule has 0 atom stereocenters. The molecule has 110 valence electrons. The maximum atomic E-state index is 8.62. The van der Waals surface area contributed by atoms with Crippen molar-refractivity contribution in [3.05, 3.63) is 29.0 Å². The van der Waals surface area contributed by atoms with Crippen molar-refractivity contribution >= 4 is 12.2 Å². The Morgan fingerprint density at radius 1 is 1.38 bits per heavy atom. The van der Waals surface area contributed by atoms with Crippen LogP contribution >= 0.6 is 12.2 Å². The number of hydrogen-bond donors (Lipinski definition) is 1. The molecule has 1 aromatic carbocycles. The number of nitrogens with zero attached hydrogens (tertiary/aromatic N) is 3. The van der Waals surface area contributed by atoms with Gasteiger partial charge in [0.15, 0.2) is 5.82 Å². The van der Waals surface area contributed by atoms with Crippen LogP contribution in [0.5, 0.6) is 5.75 Å². The van der Waals surface area contributed by atoms with Crippen molar-refractivity contribution in [3.8, 4) is 23.2 Å². The van der Waals surface area contributed by atoms with Crippen LogP contribution in [0, 0.1) is 16.1 Å². The number of unbranched alkanes of at least 4 members (excludes halogenated alkanes) is 1. The zero-order valence-corrected chi connectivity index (χ0v) is 12.8. The Morgan fingerprint density at radius 3 is 2.81 bits per heavy atom. The van der Waals surface area contributed by atoms with E-state index < -0.39 is 0 Å². The van der Waals surface area contributed by atoms with E-state index >= 15 is 0 Å². The lowest BCUT2D eigenvalue weighted by molar-refractivity contribution is 0.309. The maximum absolute atomic E-state index is 8.62. The summed E-state index contributed by atoms with van der Waals surface area (Å²) in [6, 6.07) is 9.84. The maximum Gasteiger partial charge on any atom is 0.216 e. The number of aryl methyl sites for hydroxylation is 1. The molecule has 0 radical (unpaired) electrons. The first-order valence-corrected chi connectivity index (χ1v) is 7.42. The SMILES string of the molecule is CCCCOc1ccc(-c2nc(=S)n(CCC#N)[nH]2)cc1. The largest absolute Gasteiger partial charge is 0.494 e. The first-order chi connectivity index (χ1) is 10.2. The van der Waals surface area contributed by atoms with Crippen LogP contribution in [0.2, 0.25) is 0 Å². The van der Waals surface area contributed by atoms with E-state index in [1.165, 1.54) is 0 Å². The van der Waals surface area contributed by atoms with E-state index in [9.17, 15) is 0 Å². The average molecular weight is 302 g/mol. The molecule has 0 aliphatic rings. The second kappa shape index (κ2) is 7.60. The van der Waals surface area contributed by atoms with Crippen molar-refractivity contribution in [2.24, 2.45) is 0 Å². The number of ether oxygens (including phenoxy) is 1. The van der Waals surface area contributed by atoms with Crippen LogP contribution in [0.25, 0.3) is 11.4 Å². The Bertz CT molecular complexity index is 666. The Kier molecular flexibility index (Phi) is 5.52. The Hall–Kier alpha value is -2.13. The van der Waals surface area contributed by atoms with E-state index in [0.717, 1.165) is 30.8 Å². The van der Waals surface area contributed by atoms with Gasteiger partial charge in [0.25, 0.3) is 0 Å². The number of aromatic nitrogens is 3. The van der Waals surface area contributed by atoms with Crippen molar-refractivity contribution in [2.45, 2.75) is 32.7 Å². The molecule has 0 spiro atoms. The third-order valence-corrected chi connectivity index (χ3v) is 3.33. The van der Waals surface area contributed by atoms with E-state index in [0.29, 0.717) is 23.6 Å². The van der Waals surface area contributed by atoms with E-state index in [2.05, 4.69) is 23.1 Å². The molecule has 0 saturated carbocycles. The van der Waals surface area contributed by atoms with Crippen molar-refractivity contribution in [1.82, 2.24) is 14.8 Å². The van der Waals surface area contributed by atoms with Crippen molar-refractivity contribution in [1.29, 1.82) is 5.26 Å². The van der Waals surface area contributed by atoms with E-state index in [4.69, 9.17) is 22.2 Å². The minimum Gasteiger partial charge on any atom is -0.494 e. The molecule has 6 heteroatoms. The molecule has 0 amide bonds. The number of nitriles is 1. The molecule has 0 unspecified atom stereocenters. The summed E-state index contributed by atoms with van der Waals surface area (Å²) in [5, 5.41) is 11.7. The zero-order valence-electron chi connectivity index (χ0n) is 12.0. The summed E-state index contributed by atoms with van der Waals surface area (Å²) in [5.41, 5.74) is 0.944. The van der Waals surface area contributed by atoms with Gasteiger partial charge < -0.3 is 4.74 Å². The number of nitrogens with one attached hydrogen (secondary N) is 1. The molecule has 5 nitrogen and oxygen atoms in total. The summed E-state index contributed by atoms with van der Waals surface area (Å²) in [6.45, 7) is 3.40. The van der Waals surface area contributed by atoms with Crippen LogP contribution in [0.4, 0.5) is 0 Å². The van der Waals surface area contributed by atoms with Gasteiger partial charge in [-0.15, -0.1) is 0 Å². The summed E-state index contributed by atoms with van der Waals surface area (Å²) in [6.07, 6.45) is 2.58. The minimum atomic E-state index is 0.403. The van der Waals surface area contributed by atoms with Crippen LogP contribution in [0.3, 0.4) is 0 Å². The quantitative estimate of drug-likeness (QED) is 0.625. The van der Waals surface area contributed by atoms with Crippen LogP contribution in [0.15, 0.2) is 24.3 Å². The highest BCUT2D eigenvalue weighted by Crippen LogP contribution is 2.19. The van der Waals surface area contributed by atoms with Crippen LogP contribution in [0.1, 0.15) is 26.2 Å². The van der Waals surface area contributed by atoms with Gasteiger partial charge in [0.1, 0.15) is 5.75 Å². The van der Waals surface area contributed by atoms with Gasteiger partial charge in [0, 0.05) is 5.56 Å². The fourth-order valence-corrected chi connectivity index (χ4v) is 2.07. The van der Waals surface area contributed by atoms with Gasteiger partial charge in [-0.2, -0.15) is 10.2 Å². The van der Waals surface area contributed by atoms with Crippen LogP contribution in [-0.4, -0.2) is 21.4 Å². The fraction of sp³-hybridized carbons (Fsp3) is 0.400. The number of benzene rings is 1. The lowest BCUT2D eigenvalue weighted by Crippen LogP contribution is -1.99. The van der Waals surface area contributed by atoms with E-state index in [-0.39, 0.29) is 0 Å². The normalized spacial score (nSPS) is 10.3. The number of aromatic amines is 1. The third-order valence-electron chi connectivity index (χ3n) is 3.02. The second-order valence-corrected chi connectivity index (χ2v) is 5.01. The lowest BCUT2D eigenvalue weighted by Gasteiger charge is -2.05. The number of H-pyrrole nitrogens is 1. The molecule has 0 fully saturated rings. The molecular formula is C15H18N4OS. The summed E-state index contributed by atoms with van der Waals surface area (Å²) in [7, 11) is 0. The molecule has 0 saturated heterocycles. The molecule has 0 aliphatic carbocycles. The second-order valence-electron chi connectivity index (χ2n) is 4.64. The highest BCUT2D eigenvalue weighted by Gasteiger charge is 2.05. The molecule has 2 rings (SSSR count). The lowest BCUT2D eigenvalue weighted by atomic mass is 10.2. The first-order valence-electron chi connectivity index (χ1n) is 7.01. The summed E-state index contributed by atoms with van der Waals surface area (Å²) < 4.78 is 7.80. The van der Waals surface area contributed by atoms with Gasteiger partial charge in [0.05, 0.1) is 25.6 Å². The van der Waals surface area contributed by atoms with Crippen LogP contribution in [-0.2, 0) is 6.54 Å². The number of rotatable bonds is 7. The fourth-order valence-electron chi connectivity index (χ4n) is 1.84. The van der Waals surface area contributed by atoms with Gasteiger partial charge in [0.2, 0.25) is 4.77 Å². The molecule has 0 bridgehead atoms. The number of hydrogen-bond acceptors (Lipinski definition) is 4. The molecule has 21 heavy (non-hydrogen) atoms. The van der Waals surface area contributed by atoms with E-state index in [1.807, 2.05) is 24.3 Å². The monoisotopic (exact) mass is 302 g/mol. The molecule has 1 N–H and O–H groups in total. The van der Waals surface area contributed by atoms with Crippen molar-refractivity contribution in [2.75, 3.05) is 6.61 Å². The van der Waals surface area contributed by atoms with Crippen molar-refractivity contribution in [3.63, 3.8) is 0 Å². The average Bonchev–Trinajstić information content (AvgIpc) is 2.87. The van der Waals surface area contributed by atoms with Gasteiger partial charge in [-0.1, -0.05) is 13.3 Å². The first kappa shape index (κ1) is 15.3. The third kappa shape index (κ3) is 4.17. The standard InChI is InChI=1S/C15H18N4OS/c1-2-3-11-20-13-7-5-12(6-8-13)14-17-15(21)19(18-14)10-4-9-16/h5-8H,2-4,10-11H2,1H3,(H,17,18,21). The Morgan fingerprint density at radius 2 is 2.14 bits per heavy atom. The predicted molar refractivity (Wildman–Crippen MR) is 83.5 cm³/mol. The Balaban J connectivity index is 2.08. The molecule has 1 aromatic heterocycles. The summed E-state index contributed by atoms with van der Waals surface area (Å²) in [4.78, 5) is 4.31. The summed E-state index contributed by atoms with van der Waals surface area (Å²) in [5.74, 6) is 1.56. The van der Waals surface area contributed by atoms with Gasteiger partial charge in [-0.05, 0) is 42.9 Å². The smallest absolute Gasteiger partial charge is 0.216 e. The minimum absolute atomic E-state index is 0.403. The van der Waals surface area contributed by atoms with Gasteiger partial charge in [-0.25, -0.2) is 0 Å². The van der Waals surface area contributed by atoms with Crippen LogP contribution < -0.4 is 4.74 Å². The van der Waals surface area contributed by atoms with E-state index in [1.54, 1.807) is 4.68 Å². The van der Waals surface area contributed by atoms with Crippen molar-refractivity contribution < 1.29 is 4.74 Å². The molecule has 1 heterocycles. The molecule has 2 aromatic rings. The highest BCUT2D eigenvalue weighted by molar-refractivity contribution is 7.71. The highest BCUT2D eigenvalue weighted by atomic mass is 32.1. The van der Waals surface area contributed by atoms with Gasteiger partial charge >= 0.3 is 0 Å². The molecular weight excluding hydrogens is 284 g/mol. The topological polar surface area (TPSA) is 66.6 Å². The van der Waals surface area contributed by atoms with Gasteiger partial charge in [-0.3, -0.25) is 9.78 Å². The summed E-state index contributed by atoms with van der Waals surface area (Å²) >= 11 is 5.17. The Labute approximate surface area is 129 Å². The zero-order chi connectivity index (χ0) is 15.1. The molecule has 0 aliphatic heterocycles. The predicted octanol–water partition coefficient (Wildman–Crippen LogP) is 3.70.